The molecule has 0 aliphatic rings. The second-order valence-corrected chi connectivity index (χ2v) is 4.57. The molecule has 0 radical (unpaired) electrons. The van der Waals surface area contributed by atoms with E-state index in [-0.39, 0.29) is 5.82 Å². The summed E-state index contributed by atoms with van der Waals surface area (Å²) >= 11 is 0. The Kier molecular flexibility index (Phi) is 2.95. The van der Waals surface area contributed by atoms with Crippen molar-refractivity contribution in [3.05, 3.63) is 53.8 Å². The van der Waals surface area contributed by atoms with Crippen LogP contribution in [-0.4, -0.2) is 10.1 Å². The summed E-state index contributed by atoms with van der Waals surface area (Å²) in [6, 6.07) is 11.8. The second-order valence-electron chi connectivity index (χ2n) is 4.57. The molecule has 0 aliphatic heterocycles. The first-order valence-electron chi connectivity index (χ1n) is 6.09. The summed E-state index contributed by atoms with van der Waals surface area (Å²) in [6.07, 6.45) is 0. The van der Waals surface area contributed by atoms with Crippen molar-refractivity contribution in [2.45, 2.75) is 6.92 Å². The van der Waals surface area contributed by atoms with Gasteiger partial charge in [0.05, 0.1) is 0 Å². The fourth-order valence-electron chi connectivity index (χ4n) is 2.00. The van der Waals surface area contributed by atoms with Crippen molar-refractivity contribution in [3.8, 4) is 22.8 Å². The SMILES string of the molecule is Cc1cc(F)cc(-c2noc(-c3cccc(N)c3)n2)c1. The zero-order valence-corrected chi connectivity index (χ0v) is 10.8. The predicted octanol–water partition coefficient (Wildman–Crippen LogP) is 3.43. The van der Waals surface area contributed by atoms with Gasteiger partial charge in [0.15, 0.2) is 0 Å². The summed E-state index contributed by atoms with van der Waals surface area (Å²) in [5, 5.41) is 3.88. The van der Waals surface area contributed by atoms with E-state index in [1.165, 1.54) is 12.1 Å². The highest BCUT2D eigenvalue weighted by Gasteiger charge is 2.11. The van der Waals surface area contributed by atoms with Crippen LogP contribution < -0.4 is 5.73 Å². The third-order valence-corrected chi connectivity index (χ3v) is 2.86. The molecule has 1 aromatic heterocycles. The van der Waals surface area contributed by atoms with Gasteiger partial charge in [-0.3, -0.25) is 0 Å². The van der Waals surface area contributed by atoms with E-state index in [1.54, 1.807) is 24.3 Å². The predicted molar refractivity (Wildman–Crippen MR) is 74.3 cm³/mol. The quantitative estimate of drug-likeness (QED) is 0.724. The van der Waals surface area contributed by atoms with Gasteiger partial charge < -0.3 is 10.3 Å². The number of benzene rings is 2. The molecular formula is C15H12FN3O. The third-order valence-electron chi connectivity index (χ3n) is 2.86. The molecule has 20 heavy (non-hydrogen) atoms. The summed E-state index contributed by atoms with van der Waals surface area (Å²) in [7, 11) is 0. The number of nitrogen functional groups attached to an aromatic ring is 1. The first kappa shape index (κ1) is 12.3. The molecule has 2 N–H and O–H groups in total. The fraction of sp³-hybridized carbons (Fsp3) is 0.0667. The molecular weight excluding hydrogens is 257 g/mol. The lowest BCUT2D eigenvalue weighted by Crippen LogP contribution is -1.86. The van der Waals surface area contributed by atoms with E-state index in [4.69, 9.17) is 10.3 Å². The van der Waals surface area contributed by atoms with Crippen LogP contribution in [0.4, 0.5) is 10.1 Å². The minimum Gasteiger partial charge on any atom is -0.399 e. The van der Waals surface area contributed by atoms with Gasteiger partial charge in [-0.15, -0.1) is 0 Å². The molecule has 0 unspecified atom stereocenters. The van der Waals surface area contributed by atoms with E-state index < -0.39 is 0 Å². The van der Waals surface area contributed by atoms with Crippen LogP contribution in [0, 0.1) is 12.7 Å². The zero-order valence-electron chi connectivity index (χ0n) is 10.8. The van der Waals surface area contributed by atoms with Gasteiger partial charge in [-0.05, 0) is 48.9 Å². The lowest BCUT2D eigenvalue weighted by atomic mass is 10.1. The van der Waals surface area contributed by atoms with Crippen LogP contribution in [-0.2, 0) is 0 Å². The largest absolute Gasteiger partial charge is 0.399 e. The molecule has 0 bridgehead atoms. The number of rotatable bonds is 2. The van der Waals surface area contributed by atoms with E-state index in [2.05, 4.69) is 10.1 Å². The van der Waals surface area contributed by atoms with E-state index in [9.17, 15) is 4.39 Å². The van der Waals surface area contributed by atoms with Crippen molar-refractivity contribution >= 4 is 5.69 Å². The molecule has 0 fully saturated rings. The number of aromatic nitrogens is 2. The van der Waals surface area contributed by atoms with Crippen LogP contribution in [0.25, 0.3) is 22.8 Å². The molecule has 0 amide bonds. The van der Waals surface area contributed by atoms with Crippen LogP contribution in [0.3, 0.4) is 0 Å². The average molecular weight is 269 g/mol. The molecule has 0 atom stereocenters. The van der Waals surface area contributed by atoms with Gasteiger partial charge in [0.25, 0.3) is 5.89 Å². The summed E-state index contributed by atoms with van der Waals surface area (Å²) in [5.41, 5.74) is 8.45. The highest BCUT2D eigenvalue weighted by Crippen LogP contribution is 2.24. The molecule has 4 nitrogen and oxygen atoms in total. The van der Waals surface area contributed by atoms with Crippen molar-refractivity contribution in [3.63, 3.8) is 0 Å². The summed E-state index contributed by atoms with van der Waals surface area (Å²) in [5.74, 6) is 0.384. The normalized spacial score (nSPS) is 10.7. The standard InChI is InChI=1S/C15H12FN3O/c1-9-5-11(7-12(16)6-9)14-18-15(20-19-14)10-3-2-4-13(17)8-10/h2-8H,17H2,1H3. The van der Waals surface area contributed by atoms with Crippen LogP contribution in [0.1, 0.15) is 5.56 Å². The lowest BCUT2D eigenvalue weighted by Gasteiger charge is -1.97. The van der Waals surface area contributed by atoms with Gasteiger partial charge in [-0.25, -0.2) is 4.39 Å². The monoisotopic (exact) mass is 269 g/mol. The number of nitrogens with two attached hydrogens (primary N) is 1. The maximum absolute atomic E-state index is 13.4. The molecule has 0 aliphatic carbocycles. The lowest BCUT2D eigenvalue weighted by molar-refractivity contribution is 0.432. The number of anilines is 1. The number of hydrogen-bond acceptors (Lipinski definition) is 4. The second kappa shape index (κ2) is 4.77. The van der Waals surface area contributed by atoms with Gasteiger partial charge in [0, 0.05) is 16.8 Å². The molecule has 1 heterocycles. The van der Waals surface area contributed by atoms with Crippen LogP contribution in [0.15, 0.2) is 47.0 Å². The molecule has 100 valence electrons. The van der Waals surface area contributed by atoms with Gasteiger partial charge in [0.1, 0.15) is 5.82 Å². The average Bonchev–Trinajstić information content (AvgIpc) is 2.87. The number of halogens is 1. The van der Waals surface area contributed by atoms with Crippen molar-refractivity contribution in [1.82, 2.24) is 10.1 Å². The molecule has 2 aromatic carbocycles. The van der Waals surface area contributed by atoms with Crippen LogP contribution >= 0.6 is 0 Å². The molecule has 0 saturated heterocycles. The van der Waals surface area contributed by atoms with E-state index in [0.29, 0.717) is 23.0 Å². The fourth-order valence-corrected chi connectivity index (χ4v) is 2.00. The molecule has 3 aromatic rings. The van der Waals surface area contributed by atoms with Gasteiger partial charge >= 0.3 is 0 Å². The number of hydrogen-bond donors (Lipinski definition) is 1. The highest BCUT2D eigenvalue weighted by molar-refractivity contribution is 5.63. The van der Waals surface area contributed by atoms with E-state index >= 15 is 0 Å². The van der Waals surface area contributed by atoms with E-state index in [1.807, 2.05) is 13.0 Å². The Labute approximate surface area is 115 Å². The Hall–Kier alpha value is -2.69. The van der Waals surface area contributed by atoms with Crippen molar-refractivity contribution in [2.75, 3.05) is 5.73 Å². The Balaban J connectivity index is 2.02. The Morgan fingerprint density at radius 1 is 1.10 bits per heavy atom. The third kappa shape index (κ3) is 2.38. The first-order valence-corrected chi connectivity index (χ1v) is 6.09. The number of nitrogens with zero attached hydrogens (tertiary/aromatic N) is 2. The van der Waals surface area contributed by atoms with Gasteiger partial charge in [-0.1, -0.05) is 11.2 Å². The van der Waals surface area contributed by atoms with Crippen molar-refractivity contribution in [2.24, 2.45) is 0 Å². The zero-order chi connectivity index (χ0) is 14.1. The molecule has 0 saturated carbocycles. The summed E-state index contributed by atoms with van der Waals surface area (Å²) in [4.78, 5) is 4.27. The minimum absolute atomic E-state index is 0.324. The summed E-state index contributed by atoms with van der Waals surface area (Å²) < 4.78 is 18.6. The first-order chi connectivity index (χ1) is 9.61. The molecule has 0 spiro atoms. The van der Waals surface area contributed by atoms with Crippen LogP contribution in [0.2, 0.25) is 0 Å². The summed E-state index contributed by atoms with van der Waals surface area (Å²) in [6.45, 7) is 1.81. The van der Waals surface area contributed by atoms with Crippen molar-refractivity contribution in [1.29, 1.82) is 0 Å². The minimum atomic E-state index is -0.324. The van der Waals surface area contributed by atoms with Gasteiger partial charge in [-0.2, -0.15) is 4.98 Å². The van der Waals surface area contributed by atoms with Crippen LogP contribution in [0.5, 0.6) is 0 Å². The van der Waals surface area contributed by atoms with E-state index in [0.717, 1.165) is 11.1 Å². The Morgan fingerprint density at radius 3 is 2.70 bits per heavy atom. The maximum atomic E-state index is 13.4. The highest BCUT2D eigenvalue weighted by atomic mass is 19.1. The van der Waals surface area contributed by atoms with Crippen molar-refractivity contribution < 1.29 is 8.91 Å². The number of aryl methyl sites for hydroxylation is 1. The molecule has 3 rings (SSSR count). The topological polar surface area (TPSA) is 64.9 Å². The van der Waals surface area contributed by atoms with Gasteiger partial charge in [0.2, 0.25) is 5.82 Å². The smallest absolute Gasteiger partial charge is 0.258 e. The maximum Gasteiger partial charge on any atom is 0.258 e. The Bertz CT molecular complexity index is 747. The Morgan fingerprint density at radius 2 is 1.95 bits per heavy atom. The molecule has 5 heteroatoms.